The summed E-state index contributed by atoms with van der Waals surface area (Å²) in [4.78, 5) is 43.9. The summed E-state index contributed by atoms with van der Waals surface area (Å²) in [7, 11) is 0. The van der Waals surface area contributed by atoms with Crippen molar-refractivity contribution >= 4 is 57.3 Å². The highest BCUT2D eigenvalue weighted by molar-refractivity contribution is 8.26. The number of carbonyl (C=O) groups is 3. The molecule has 2 aliphatic rings. The standard InChI is InChI=1S/C28H30N2O4S2/c1-3-5-6-12-17-29-21-16-11-10-15-20(21)22(25(29)31)24-26(32)30(28(35)36-24)23(27(33)34-18-4-2)19-13-8-7-9-14-19/h7-11,13-16,23H,3-6,12,17-18H2,1-2H3/b24-22-. The van der Waals surface area contributed by atoms with Gasteiger partial charge in [0.25, 0.3) is 11.8 Å². The molecule has 0 saturated carbocycles. The summed E-state index contributed by atoms with van der Waals surface area (Å²) in [5.74, 6) is -1.18. The third kappa shape index (κ3) is 5.11. The van der Waals surface area contributed by atoms with Gasteiger partial charge in [-0.2, -0.15) is 0 Å². The van der Waals surface area contributed by atoms with Crippen LogP contribution in [0, 0.1) is 0 Å². The maximum absolute atomic E-state index is 13.8. The van der Waals surface area contributed by atoms with Gasteiger partial charge in [-0.05, 0) is 24.5 Å². The Morgan fingerprint density at radius 1 is 0.944 bits per heavy atom. The average Bonchev–Trinajstić information content (AvgIpc) is 3.33. The monoisotopic (exact) mass is 522 g/mol. The van der Waals surface area contributed by atoms with Crippen LogP contribution in [-0.2, 0) is 19.1 Å². The molecule has 6 nitrogen and oxygen atoms in total. The van der Waals surface area contributed by atoms with Gasteiger partial charge >= 0.3 is 5.97 Å². The maximum atomic E-state index is 13.8. The number of esters is 1. The lowest BCUT2D eigenvalue weighted by atomic mass is 10.0. The van der Waals surface area contributed by atoms with Crippen LogP contribution in [0.15, 0.2) is 59.5 Å². The highest BCUT2D eigenvalue weighted by Crippen LogP contribution is 2.46. The summed E-state index contributed by atoms with van der Waals surface area (Å²) in [6.45, 7) is 4.90. The number of hydrogen-bond acceptors (Lipinski definition) is 6. The number of hydrogen-bond donors (Lipinski definition) is 0. The van der Waals surface area contributed by atoms with Crippen LogP contribution >= 0.6 is 24.0 Å². The Balaban J connectivity index is 1.71. The van der Waals surface area contributed by atoms with Gasteiger partial charge in [0.1, 0.15) is 4.32 Å². The lowest BCUT2D eigenvalue weighted by molar-refractivity contribution is -0.151. The van der Waals surface area contributed by atoms with E-state index >= 15 is 0 Å². The van der Waals surface area contributed by atoms with Crippen LogP contribution in [0.2, 0.25) is 0 Å². The number of benzene rings is 2. The second-order valence-corrected chi connectivity index (χ2v) is 10.4. The summed E-state index contributed by atoms with van der Waals surface area (Å²) >= 11 is 6.68. The van der Waals surface area contributed by atoms with E-state index in [-0.39, 0.29) is 21.7 Å². The molecule has 2 aliphatic heterocycles. The molecular weight excluding hydrogens is 492 g/mol. The van der Waals surface area contributed by atoms with Crippen molar-refractivity contribution in [3.63, 3.8) is 0 Å². The van der Waals surface area contributed by atoms with Gasteiger partial charge in [0.2, 0.25) is 0 Å². The first kappa shape index (κ1) is 26.1. The number of amides is 2. The molecule has 0 aromatic heterocycles. The maximum Gasteiger partial charge on any atom is 0.333 e. The molecule has 2 aromatic carbocycles. The lowest BCUT2D eigenvalue weighted by Gasteiger charge is -2.25. The normalized spacial score (nSPS) is 18.1. The van der Waals surface area contributed by atoms with Crippen molar-refractivity contribution in [2.45, 2.75) is 52.0 Å². The van der Waals surface area contributed by atoms with Crippen LogP contribution in [0.25, 0.3) is 5.57 Å². The van der Waals surface area contributed by atoms with Gasteiger partial charge in [0, 0.05) is 12.1 Å². The zero-order valence-electron chi connectivity index (χ0n) is 20.6. The van der Waals surface area contributed by atoms with Gasteiger partial charge in [0.15, 0.2) is 6.04 Å². The Morgan fingerprint density at radius 3 is 2.39 bits per heavy atom. The number of fused-ring (bicyclic) bond motifs is 1. The average molecular weight is 523 g/mol. The molecule has 1 fully saturated rings. The fourth-order valence-electron chi connectivity index (χ4n) is 4.48. The molecule has 2 amide bonds. The van der Waals surface area contributed by atoms with E-state index in [2.05, 4.69) is 6.92 Å². The Bertz CT molecular complexity index is 1200. The van der Waals surface area contributed by atoms with Crippen LogP contribution in [0.5, 0.6) is 0 Å². The van der Waals surface area contributed by atoms with Gasteiger partial charge < -0.3 is 9.64 Å². The number of unbranched alkanes of at least 4 members (excludes halogenated alkanes) is 3. The van der Waals surface area contributed by atoms with Gasteiger partial charge in [-0.25, -0.2) is 4.79 Å². The molecule has 2 heterocycles. The minimum Gasteiger partial charge on any atom is -0.464 e. The molecule has 0 radical (unpaired) electrons. The second kappa shape index (κ2) is 11.8. The highest BCUT2D eigenvalue weighted by Gasteiger charge is 2.46. The molecule has 0 bridgehead atoms. The van der Waals surface area contributed by atoms with E-state index in [0.717, 1.165) is 48.7 Å². The summed E-state index contributed by atoms with van der Waals surface area (Å²) in [5.41, 5.74) is 2.50. The fourth-order valence-corrected chi connectivity index (χ4v) is 5.86. The van der Waals surface area contributed by atoms with Crippen molar-refractivity contribution in [3.8, 4) is 0 Å². The van der Waals surface area contributed by atoms with E-state index in [1.165, 1.54) is 4.90 Å². The van der Waals surface area contributed by atoms with Crippen molar-refractivity contribution in [2.75, 3.05) is 18.1 Å². The fraction of sp³-hybridized carbons (Fsp3) is 0.357. The first-order valence-corrected chi connectivity index (χ1v) is 13.6. The highest BCUT2D eigenvalue weighted by atomic mass is 32.2. The number of para-hydroxylation sites is 1. The molecule has 8 heteroatoms. The smallest absolute Gasteiger partial charge is 0.333 e. The van der Waals surface area contributed by atoms with Gasteiger partial charge in [-0.3, -0.25) is 14.5 Å². The molecule has 0 N–H and O–H groups in total. The molecule has 4 rings (SSSR count). The SMILES string of the molecule is CCCCCCN1C(=O)/C(=C2\SC(=S)N(C(C(=O)OCCC)c3ccccc3)C2=O)c2ccccc21. The van der Waals surface area contributed by atoms with Crippen molar-refractivity contribution in [2.24, 2.45) is 0 Å². The number of thiocarbonyl (C=S) groups is 1. The number of thioether (sulfide) groups is 1. The summed E-state index contributed by atoms with van der Waals surface area (Å²) < 4.78 is 5.68. The number of anilines is 1. The third-order valence-electron chi connectivity index (χ3n) is 6.23. The molecule has 0 aliphatic carbocycles. The Morgan fingerprint density at radius 2 is 1.67 bits per heavy atom. The second-order valence-electron chi connectivity index (χ2n) is 8.76. The number of carbonyl (C=O) groups excluding carboxylic acids is 3. The molecule has 0 spiro atoms. The van der Waals surface area contributed by atoms with E-state index in [0.29, 0.717) is 24.1 Å². The van der Waals surface area contributed by atoms with E-state index < -0.39 is 17.9 Å². The van der Waals surface area contributed by atoms with E-state index in [4.69, 9.17) is 17.0 Å². The Labute approximate surface area is 221 Å². The largest absolute Gasteiger partial charge is 0.464 e. The van der Waals surface area contributed by atoms with E-state index in [1.807, 2.05) is 37.3 Å². The van der Waals surface area contributed by atoms with Crippen molar-refractivity contribution in [1.29, 1.82) is 0 Å². The van der Waals surface area contributed by atoms with Crippen molar-refractivity contribution < 1.29 is 19.1 Å². The van der Waals surface area contributed by atoms with Crippen LogP contribution in [0.3, 0.4) is 0 Å². The van der Waals surface area contributed by atoms with Gasteiger partial charge in [0.05, 0.1) is 22.8 Å². The van der Waals surface area contributed by atoms with Crippen LogP contribution in [0.4, 0.5) is 5.69 Å². The number of rotatable bonds is 10. The van der Waals surface area contributed by atoms with Gasteiger partial charge in [-0.15, -0.1) is 0 Å². The summed E-state index contributed by atoms with van der Waals surface area (Å²) in [6, 6.07) is 15.5. The van der Waals surface area contributed by atoms with E-state index in [1.54, 1.807) is 29.2 Å². The zero-order valence-corrected chi connectivity index (χ0v) is 22.2. The first-order valence-electron chi connectivity index (χ1n) is 12.4. The summed E-state index contributed by atoms with van der Waals surface area (Å²) in [6.07, 6.45) is 4.82. The predicted molar refractivity (Wildman–Crippen MR) is 147 cm³/mol. The van der Waals surface area contributed by atoms with Crippen LogP contribution < -0.4 is 4.90 Å². The van der Waals surface area contributed by atoms with Crippen molar-refractivity contribution in [3.05, 3.63) is 70.6 Å². The van der Waals surface area contributed by atoms with Crippen molar-refractivity contribution in [1.82, 2.24) is 4.90 Å². The molecule has 36 heavy (non-hydrogen) atoms. The number of nitrogens with zero attached hydrogens (tertiary/aromatic N) is 2. The molecular formula is C28H30N2O4S2. The lowest BCUT2D eigenvalue weighted by Crippen LogP contribution is -2.38. The molecule has 1 saturated heterocycles. The van der Waals surface area contributed by atoms with Crippen LogP contribution in [0.1, 0.15) is 63.1 Å². The zero-order chi connectivity index (χ0) is 25.7. The minimum atomic E-state index is -1.01. The Hall–Kier alpha value is -2.97. The minimum absolute atomic E-state index is 0.196. The molecule has 2 aromatic rings. The first-order chi connectivity index (χ1) is 17.5. The molecule has 1 unspecified atom stereocenters. The Kier molecular flexibility index (Phi) is 8.59. The van der Waals surface area contributed by atoms with Gasteiger partial charge in [-0.1, -0.05) is 106 Å². The van der Waals surface area contributed by atoms with E-state index in [9.17, 15) is 14.4 Å². The predicted octanol–water partition coefficient (Wildman–Crippen LogP) is 5.88. The quantitative estimate of drug-likeness (QED) is 0.168. The molecule has 188 valence electrons. The summed E-state index contributed by atoms with van der Waals surface area (Å²) in [5, 5.41) is 0. The topological polar surface area (TPSA) is 66.9 Å². The molecule has 1 atom stereocenters. The number of ether oxygens (including phenoxy) is 1. The third-order valence-corrected chi connectivity index (χ3v) is 7.63. The van der Waals surface area contributed by atoms with Crippen LogP contribution in [-0.4, -0.2) is 40.2 Å².